The number of benzene rings is 1. The molecule has 1 aromatic carbocycles. The summed E-state index contributed by atoms with van der Waals surface area (Å²) in [6, 6.07) is 11.7. The lowest BCUT2D eigenvalue weighted by molar-refractivity contribution is 0.0485. The van der Waals surface area contributed by atoms with Gasteiger partial charge in [-0.1, -0.05) is 30.3 Å². The topological polar surface area (TPSA) is 76.8 Å². The number of aromatic nitrogens is 3. The monoisotopic (exact) mass is 404 g/mol. The second-order valence-corrected chi connectivity index (χ2v) is 8.30. The van der Waals surface area contributed by atoms with E-state index >= 15 is 0 Å². The van der Waals surface area contributed by atoms with Crippen LogP contribution >= 0.6 is 0 Å². The van der Waals surface area contributed by atoms with Crippen molar-refractivity contribution in [3.63, 3.8) is 0 Å². The van der Waals surface area contributed by atoms with Gasteiger partial charge in [-0.25, -0.2) is 14.3 Å². The lowest BCUT2D eigenvalue weighted by Gasteiger charge is -2.37. The van der Waals surface area contributed by atoms with Gasteiger partial charge in [-0.2, -0.15) is 5.10 Å². The lowest BCUT2D eigenvalue weighted by atomic mass is 9.85. The standard InChI is InChI=1S/C23H24N4O3/c1-15-9-21-24-12-18(13-26(21)25-15)22(28)17-10-19-7-8-20(11-17)27(19)23(29)30-14-16-5-3-2-4-6-16/h2-6,9,12-13,17,19-20H,7-8,10-11,14H2,1H3. The fourth-order valence-electron chi connectivity index (χ4n) is 4.84. The SMILES string of the molecule is Cc1cc2ncc(C(=O)C3CC4CCC(C3)N4C(=O)OCc3ccccc3)cn2n1. The fourth-order valence-corrected chi connectivity index (χ4v) is 4.84. The van der Waals surface area contributed by atoms with Gasteiger partial charge in [0.1, 0.15) is 6.61 Å². The number of nitrogens with zero attached hydrogens (tertiary/aromatic N) is 4. The van der Waals surface area contributed by atoms with Crippen molar-refractivity contribution in [2.45, 2.75) is 51.3 Å². The normalized spacial score (nSPS) is 23.0. The van der Waals surface area contributed by atoms with Crippen LogP contribution in [0.4, 0.5) is 4.79 Å². The van der Waals surface area contributed by atoms with E-state index in [-0.39, 0.29) is 36.5 Å². The smallest absolute Gasteiger partial charge is 0.410 e. The molecule has 0 saturated carbocycles. The van der Waals surface area contributed by atoms with Crippen molar-refractivity contribution in [1.82, 2.24) is 19.5 Å². The van der Waals surface area contributed by atoms with Gasteiger partial charge in [-0.05, 0) is 38.2 Å². The summed E-state index contributed by atoms with van der Waals surface area (Å²) in [5.74, 6) is -0.0108. The number of fused-ring (bicyclic) bond motifs is 3. The van der Waals surface area contributed by atoms with Crippen LogP contribution in [0.1, 0.15) is 47.3 Å². The quantitative estimate of drug-likeness (QED) is 0.618. The average Bonchev–Trinajstić information content (AvgIpc) is 3.26. The van der Waals surface area contributed by atoms with E-state index in [4.69, 9.17) is 4.74 Å². The zero-order chi connectivity index (χ0) is 20.7. The molecule has 3 aromatic rings. The van der Waals surface area contributed by atoms with Crippen LogP contribution in [0.5, 0.6) is 0 Å². The molecule has 7 heteroatoms. The Morgan fingerprint density at radius 2 is 1.87 bits per heavy atom. The van der Waals surface area contributed by atoms with Crippen LogP contribution in [0.3, 0.4) is 0 Å². The molecule has 2 atom stereocenters. The Labute approximate surface area is 174 Å². The molecule has 0 aliphatic carbocycles. The van der Waals surface area contributed by atoms with Gasteiger partial charge in [0.2, 0.25) is 0 Å². The maximum absolute atomic E-state index is 13.1. The van der Waals surface area contributed by atoms with Crippen LogP contribution in [0, 0.1) is 12.8 Å². The zero-order valence-corrected chi connectivity index (χ0v) is 16.9. The number of carbonyl (C=O) groups is 2. The summed E-state index contributed by atoms with van der Waals surface area (Å²) >= 11 is 0. The van der Waals surface area contributed by atoms with Crippen molar-refractivity contribution in [2.75, 3.05) is 0 Å². The van der Waals surface area contributed by atoms with Crippen molar-refractivity contribution < 1.29 is 14.3 Å². The van der Waals surface area contributed by atoms with Gasteiger partial charge < -0.3 is 9.64 Å². The molecule has 0 spiro atoms. The number of hydrogen-bond donors (Lipinski definition) is 0. The number of hydrogen-bond acceptors (Lipinski definition) is 5. The van der Waals surface area contributed by atoms with Gasteiger partial charge in [0.25, 0.3) is 0 Å². The van der Waals surface area contributed by atoms with E-state index in [9.17, 15) is 9.59 Å². The van der Waals surface area contributed by atoms with Crippen LogP contribution in [0.25, 0.3) is 5.65 Å². The Hall–Kier alpha value is -3.22. The van der Waals surface area contributed by atoms with Gasteiger partial charge in [0.15, 0.2) is 11.4 Å². The van der Waals surface area contributed by atoms with Crippen LogP contribution < -0.4 is 0 Å². The van der Waals surface area contributed by atoms with Crippen molar-refractivity contribution in [3.8, 4) is 0 Å². The molecule has 1 amide bonds. The first kappa shape index (κ1) is 18.8. The van der Waals surface area contributed by atoms with Gasteiger partial charge in [0.05, 0.1) is 11.3 Å². The lowest BCUT2D eigenvalue weighted by Crippen LogP contribution is -2.48. The molecule has 2 fully saturated rings. The minimum absolute atomic E-state index is 0.0598. The maximum Gasteiger partial charge on any atom is 0.410 e. The number of Topliss-reactive ketones (excluding diaryl/α,β-unsaturated/α-hetero) is 1. The van der Waals surface area contributed by atoms with Crippen molar-refractivity contribution in [2.24, 2.45) is 5.92 Å². The van der Waals surface area contributed by atoms with E-state index in [1.807, 2.05) is 48.2 Å². The largest absolute Gasteiger partial charge is 0.445 e. The predicted molar refractivity (Wildman–Crippen MR) is 110 cm³/mol. The second kappa shape index (κ2) is 7.55. The molecule has 2 aliphatic heterocycles. The minimum atomic E-state index is -0.271. The first-order chi connectivity index (χ1) is 14.6. The highest BCUT2D eigenvalue weighted by Crippen LogP contribution is 2.40. The summed E-state index contributed by atoms with van der Waals surface area (Å²) in [4.78, 5) is 32.1. The number of aryl methyl sites for hydroxylation is 1. The Morgan fingerprint density at radius 3 is 2.60 bits per heavy atom. The van der Waals surface area contributed by atoms with E-state index < -0.39 is 0 Å². The Kier molecular flexibility index (Phi) is 4.73. The molecular formula is C23H24N4O3. The summed E-state index contributed by atoms with van der Waals surface area (Å²) in [5.41, 5.74) is 3.16. The van der Waals surface area contributed by atoms with E-state index in [1.165, 1.54) is 0 Å². The third kappa shape index (κ3) is 3.44. The molecule has 2 unspecified atom stereocenters. The number of piperidine rings is 1. The van der Waals surface area contributed by atoms with E-state index in [0.717, 1.165) is 29.7 Å². The summed E-state index contributed by atoms with van der Waals surface area (Å²) in [7, 11) is 0. The molecular weight excluding hydrogens is 380 g/mol. The van der Waals surface area contributed by atoms with Crippen molar-refractivity contribution in [1.29, 1.82) is 0 Å². The number of ether oxygens (including phenoxy) is 1. The first-order valence-electron chi connectivity index (χ1n) is 10.4. The van der Waals surface area contributed by atoms with Gasteiger partial charge in [-0.15, -0.1) is 0 Å². The van der Waals surface area contributed by atoms with Crippen molar-refractivity contribution in [3.05, 3.63) is 65.6 Å². The molecule has 2 bridgehead atoms. The molecule has 30 heavy (non-hydrogen) atoms. The summed E-state index contributed by atoms with van der Waals surface area (Å²) in [6.07, 6.45) is 6.32. The Bertz CT molecular complexity index is 1080. The molecule has 2 saturated heterocycles. The van der Waals surface area contributed by atoms with Crippen LogP contribution in [-0.4, -0.2) is 43.5 Å². The molecule has 0 radical (unpaired) electrons. The van der Waals surface area contributed by atoms with Crippen molar-refractivity contribution >= 4 is 17.5 Å². The summed E-state index contributed by atoms with van der Waals surface area (Å²) < 4.78 is 7.22. The van der Waals surface area contributed by atoms with Crippen LogP contribution in [-0.2, 0) is 11.3 Å². The molecule has 2 aliphatic rings. The first-order valence-corrected chi connectivity index (χ1v) is 10.4. The molecule has 7 nitrogen and oxygen atoms in total. The minimum Gasteiger partial charge on any atom is -0.445 e. The average molecular weight is 404 g/mol. The summed E-state index contributed by atoms with van der Waals surface area (Å²) in [6.45, 7) is 2.17. The zero-order valence-electron chi connectivity index (χ0n) is 16.9. The van der Waals surface area contributed by atoms with Gasteiger partial charge in [0, 0.05) is 36.5 Å². The number of carbonyl (C=O) groups excluding carboxylic acids is 2. The van der Waals surface area contributed by atoms with Crippen LogP contribution in [0.2, 0.25) is 0 Å². The molecule has 2 aromatic heterocycles. The highest BCUT2D eigenvalue weighted by atomic mass is 16.6. The molecule has 4 heterocycles. The third-order valence-corrected chi connectivity index (χ3v) is 6.24. The number of ketones is 1. The van der Waals surface area contributed by atoms with Gasteiger partial charge >= 0.3 is 6.09 Å². The van der Waals surface area contributed by atoms with E-state index in [2.05, 4.69) is 10.1 Å². The molecule has 5 rings (SSSR count). The second-order valence-electron chi connectivity index (χ2n) is 8.30. The maximum atomic E-state index is 13.1. The van der Waals surface area contributed by atoms with E-state index in [1.54, 1.807) is 16.9 Å². The van der Waals surface area contributed by atoms with Crippen LogP contribution in [0.15, 0.2) is 48.8 Å². The predicted octanol–water partition coefficient (Wildman–Crippen LogP) is 3.80. The number of rotatable bonds is 4. The summed E-state index contributed by atoms with van der Waals surface area (Å²) in [5, 5.41) is 4.36. The third-order valence-electron chi connectivity index (χ3n) is 6.24. The Balaban J connectivity index is 1.26. The fraction of sp³-hybridized carbons (Fsp3) is 0.391. The molecule has 154 valence electrons. The Morgan fingerprint density at radius 1 is 1.13 bits per heavy atom. The highest BCUT2D eigenvalue weighted by molar-refractivity contribution is 5.97. The highest BCUT2D eigenvalue weighted by Gasteiger charge is 2.46. The number of amides is 1. The van der Waals surface area contributed by atoms with E-state index in [0.29, 0.717) is 18.4 Å². The van der Waals surface area contributed by atoms with Gasteiger partial charge in [-0.3, -0.25) is 4.79 Å². The molecule has 0 N–H and O–H groups in total.